The predicted octanol–water partition coefficient (Wildman–Crippen LogP) is 4.93. The van der Waals surface area contributed by atoms with E-state index in [0.29, 0.717) is 11.3 Å². The summed E-state index contributed by atoms with van der Waals surface area (Å²) in [6, 6.07) is 6.53. The minimum absolute atomic E-state index is 0.337. The van der Waals surface area contributed by atoms with Crippen molar-refractivity contribution in [3.05, 3.63) is 29.3 Å². The lowest BCUT2D eigenvalue weighted by Gasteiger charge is -2.19. The molecule has 0 spiro atoms. The van der Waals surface area contributed by atoms with Crippen LogP contribution in [0.15, 0.2) is 18.2 Å². The van der Waals surface area contributed by atoms with E-state index in [0.717, 1.165) is 18.8 Å². The van der Waals surface area contributed by atoms with E-state index in [4.69, 9.17) is 4.74 Å². The molecule has 0 aliphatic carbocycles. The third-order valence-electron chi connectivity index (χ3n) is 2.99. The fourth-order valence-electron chi connectivity index (χ4n) is 1.60. The van der Waals surface area contributed by atoms with Crippen LogP contribution in [0.2, 0.25) is 0 Å². The highest BCUT2D eigenvalue weighted by Crippen LogP contribution is 2.25. The Balaban J connectivity index is 2.67. The maximum Gasteiger partial charge on any atom is 0.122 e. The molecular weight excluding hydrogens is 208 g/mol. The van der Waals surface area contributed by atoms with Crippen LogP contribution >= 0.6 is 0 Å². The molecule has 1 heteroatoms. The smallest absolute Gasteiger partial charge is 0.122 e. The second-order valence-corrected chi connectivity index (χ2v) is 6.34. The molecule has 0 aliphatic rings. The van der Waals surface area contributed by atoms with Crippen molar-refractivity contribution < 1.29 is 4.74 Å². The molecule has 0 N–H and O–H groups in total. The molecule has 1 nitrogen and oxygen atoms in total. The zero-order chi connectivity index (χ0) is 13.1. The molecule has 17 heavy (non-hydrogen) atoms. The molecule has 0 aliphatic heterocycles. The molecule has 0 saturated carbocycles. The monoisotopic (exact) mass is 234 g/mol. The zero-order valence-electron chi connectivity index (χ0n) is 12.1. The van der Waals surface area contributed by atoms with Gasteiger partial charge in [0.1, 0.15) is 5.75 Å². The van der Waals surface area contributed by atoms with Crippen LogP contribution in [0.4, 0.5) is 0 Å². The lowest BCUT2D eigenvalue weighted by Crippen LogP contribution is -2.11. The van der Waals surface area contributed by atoms with Gasteiger partial charge in [-0.1, -0.05) is 46.8 Å². The van der Waals surface area contributed by atoms with Crippen LogP contribution in [-0.4, -0.2) is 6.61 Å². The van der Waals surface area contributed by atoms with Crippen LogP contribution in [0.1, 0.15) is 58.1 Å². The van der Waals surface area contributed by atoms with E-state index in [1.807, 2.05) is 0 Å². The van der Waals surface area contributed by atoms with Crippen LogP contribution < -0.4 is 4.74 Å². The number of ether oxygens (including phenoxy) is 1. The maximum absolute atomic E-state index is 5.90. The van der Waals surface area contributed by atoms with Gasteiger partial charge in [-0.2, -0.15) is 0 Å². The van der Waals surface area contributed by atoms with Gasteiger partial charge in [-0.3, -0.25) is 0 Å². The van der Waals surface area contributed by atoms with E-state index in [-0.39, 0.29) is 0 Å². The van der Waals surface area contributed by atoms with Crippen LogP contribution in [0.5, 0.6) is 5.75 Å². The highest BCUT2D eigenvalue weighted by molar-refractivity contribution is 5.37. The van der Waals surface area contributed by atoms with Crippen molar-refractivity contribution in [2.45, 2.75) is 53.9 Å². The summed E-state index contributed by atoms with van der Waals surface area (Å²) in [6.07, 6.45) is 1.08. The molecule has 1 aromatic rings. The van der Waals surface area contributed by atoms with Crippen LogP contribution in [0.3, 0.4) is 0 Å². The summed E-state index contributed by atoms with van der Waals surface area (Å²) < 4.78 is 5.90. The Labute approximate surface area is 106 Å². The van der Waals surface area contributed by atoms with Crippen molar-refractivity contribution in [3.63, 3.8) is 0 Å². The van der Waals surface area contributed by atoms with E-state index in [1.54, 1.807) is 0 Å². The van der Waals surface area contributed by atoms with Crippen LogP contribution in [0, 0.1) is 12.3 Å². The van der Waals surface area contributed by atoms with Crippen molar-refractivity contribution in [2.75, 3.05) is 6.61 Å². The minimum Gasteiger partial charge on any atom is -0.493 e. The van der Waals surface area contributed by atoms with Gasteiger partial charge in [0.2, 0.25) is 0 Å². The van der Waals surface area contributed by atoms with Crippen molar-refractivity contribution in [1.82, 2.24) is 0 Å². The molecule has 96 valence electrons. The predicted molar refractivity (Wildman–Crippen MR) is 74.8 cm³/mol. The summed E-state index contributed by atoms with van der Waals surface area (Å²) in [7, 11) is 0. The van der Waals surface area contributed by atoms with Gasteiger partial charge < -0.3 is 4.74 Å². The second kappa shape index (κ2) is 5.57. The Morgan fingerprint density at radius 3 is 2.35 bits per heavy atom. The van der Waals surface area contributed by atoms with Gasteiger partial charge in [0.15, 0.2) is 0 Å². The molecule has 0 atom stereocenters. The molecule has 0 fully saturated rings. The van der Waals surface area contributed by atoms with Crippen LogP contribution in [-0.2, 0) is 0 Å². The first kappa shape index (κ1) is 14.1. The number of hydrogen-bond donors (Lipinski definition) is 0. The molecule has 0 unspecified atom stereocenters. The van der Waals surface area contributed by atoms with Gasteiger partial charge in [0.25, 0.3) is 0 Å². The molecule has 0 bridgehead atoms. The maximum atomic E-state index is 5.90. The first-order valence-corrected chi connectivity index (χ1v) is 6.53. The zero-order valence-corrected chi connectivity index (χ0v) is 12.1. The average molecular weight is 234 g/mol. The van der Waals surface area contributed by atoms with E-state index >= 15 is 0 Å². The summed E-state index contributed by atoms with van der Waals surface area (Å²) in [5.74, 6) is 1.60. The summed E-state index contributed by atoms with van der Waals surface area (Å²) in [6.45, 7) is 14.1. The molecule has 0 amide bonds. The molecule has 0 radical (unpaired) electrons. The Bertz CT molecular complexity index is 358. The summed E-state index contributed by atoms with van der Waals surface area (Å²) in [5, 5.41) is 0. The first-order chi connectivity index (χ1) is 7.79. The minimum atomic E-state index is 0.337. The Morgan fingerprint density at radius 2 is 1.82 bits per heavy atom. The van der Waals surface area contributed by atoms with Crippen molar-refractivity contribution in [3.8, 4) is 5.75 Å². The normalized spacial score (nSPS) is 11.9. The van der Waals surface area contributed by atoms with Gasteiger partial charge in [-0.25, -0.2) is 0 Å². The van der Waals surface area contributed by atoms with E-state index in [9.17, 15) is 0 Å². The quantitative estimate of drug-likeness (QED) is 0.717. The second-order valence-electron chi connectivity index (χ2n) is 6.34. The molecule has 0 aromatic heterocycles. The van der Waals surface area contributed by atoms with Gasteiger partial charge >= 0.3 is 0 Å². The Kier molecular flexibility index (Phi) is 4.62. The molecule has 0 heterocycles. The largest absolute Gasteiger partial charge is 0.493 e. The topological polar surface area (TPSA) is 9.23 Å². The van der Waals surface area contributed by atoms with Crippen molar-refractivity contribution in [2.24, 2.45) is 5.41 Å². The lowest BCUT2D eigenvalue weighted by molar-refractivity contribution is 0.241. The van der Waals surface area contributed by atoms with Crippen LogP contribution in [0.25, 0.3) is 0 Å². The SMILES string of the molecule is Cc1ccc(C(C)C)cc1OCCC(C)(C)C. The highest BCUT2D eigenvalue weighted by Gasteiger charge is 2.11. The van der Waals surface area contributed by atoms with E-state index < -0.39 is 0 Å². The van der Waals surface area contributed by atoms with Gasteiger partial charge in [-0.05, 0) is 41.9 Å². The Hall–Kier alpha value is -0.980. The summed E-state index contributed by atoms with van der Waals surface area (Å²) in [4.78, 5) is 0. The van der Waals surface area contributed by atoms with Gasteiger partial charge in [0, 0.05) is 0 Å². The lowest BCUT2D eigenvalue weighted by atomic mass is 9.93. The number of hydrogen-bond acceptors (Lipinski definition) is 1. The average Bonchev–Trinajstić information content (AvgIpc) is 2.18. The fraction of sp³-hybridized carbons (Fsp3) is 0.625. The molecule has 0 saturated heterocycles. The molecule has 1 rings (SSSR count). The standard InChI is InChI=1S/C16H26O/c1-12(2)14-8-7-13(3)15(11-14)17-10-9-16(4,5)6/h7-8,11-12H,9-10H2,1-6H3. The summed E-state index contributed by atoms with van der Waals surface area (Å²) >= 11 is 0. The highest BCUT2D eigenvalue weighted by atomic mass is 16.5. The third kappa shape index (κ3) is 4.80. The number of benzene rings is 1. The van der Waals surface area contributed by atoms with E-state index in [1.165, 1.54) is 11.1 Å². The molecular formula is C16H26O. The van der Waals surface area contributed by atoms with Gasteiger partial charge in [-0.15, -0.1) is 0 Å². The van der Waals surface area contributed by atoms with Gasteiger partial charge in [0.05, 0.1) is 6.61 Å². The van der Waals surface area contributed by atoms with Crippen molar-refractivity contribution in [1.29, 1.82) is 0 Å². The first-order valence-electron chi connectivity index (χ1n) is 6.53. The number of rotatable bonds is 4. The van der Waals surface area contributed by atoms with E-state index in [2.05, 4.69) is 59.7 Å². The molecule has 1 aromatic carbocycles. The fourth-order valence-corrected chi connectivity index (χ4v) is 1.60. The number of aryl methyl sites for hydroxylation is 1. The van der Waals surface area contributed by atoms with Crippen molar-refractivity contribution >= 4 is 0 Å². The summed E-state index contributed by atoms with van der Waals surface area (Å²) in [5.41, 5.74) is 2.91. The third-order valence-corrected chi connectivity index (χ3v) is 2.99. The Morgan fingerprint density at radius 1 is 1.18 bits per heavy atom.